The number of hydrogen-bond donors (Lipinski definition) is 1. The third-order valence-corrected chi connectivity index (χ3v) is 3.63. The van der Waals surface area contributed by atoms with Crippen molar-refractivity contribution in [3.8, 4) is 10.8 Å². The van der Waals surface area contributed by atoms with Crippen LogP contribution in [0.5, 0.6) is 0 Å². The van der Waals surface area contributed by atoms with Crippen LogP contribution in [-0.4, -0.2) is 45.3 Å². The summed E-state index contributed by atoms with van der Waals surface area (Å²) in [5.41, 5.74) is 5.66. The van der Waals surface area contributed by atoms with Gasteiger partial charge >= 0.3 is 0 Å². The molecule has 0 radical (unpaired) electrons. The molecule has 2 rings (SSSR count). The van der Waals surface area contributed by atoms with Crippen molar-refractivity contribution in [3.05, 3.63) is 29.0 Å². The Morgan fingerprint density at radius 1 is 1.35 bits per heavy atom. The van der Waals surface area contributed by atoms with Crippen LogP contribution < -0.4 is 5.73 Å². The highest BCUT2D eigenvalue weighted by atomic mass is 32.1. The van der Waals surface area contributed by atoms with Gasteiger partial charge in [-0.3, -0.25) is 9.59 Å². The third-order valence-electron chi connectivity index (χ3n) is 2.49. The first kappa shape index (κ1) is 14.1. The number of carbonyl (C=O) groups is 2. The quantitative estimate of drug-likeness (QED) is 0.882. The minimum absolute atomic E-state index is 0.132. The fraction of sp³-hybridized carbons (Fsp3) is 0.250. The molecule has 104 valence electrons. The van der Waals surface area contributed by atoms with Crippen molar-refractivity contribution >= 4 is 23.2 Å². The average molecular weight is 291 g/mol. The molecule has 0 atom stereocenters. The Labute approximate surface area is 119 Å². The summed E-state index contributed by atoms with van der Waals surface area (Å²) in [7, 11) is 1.52. The summed E-state index contributed by atoms with van der Waals surface area (Å²) in [5, 5.41) is 0.568. The number of amides is 2. The van der Waals surface area contributed by atoms with Crippen LogP contribution in [0.1, 0.15) is 15.4 Å². The highest BCUT2D eigenvalue weighted by Crippen LogP contribution is 2.25. The van der Waals surface area contributed by atoms with Crippen molar-refractivity contribution in [2.45, 2.75) is 6.92 Å². The van der Waals surface area contributed by atoms with Crippen molar-refractivity contribution in [1.29, 1.82) is 0 Å². The molecule has 20 heavy (non-hydrogen) atoms. The number of aryl methyl sites for hydroxylation is 1. The van der Waals surface area contributed by atoms with Crippen LogP contribution in [0.3, 0.4) is 0 Å². The lowest BCUT2D eigenvalue weighted by molar-refractivity contribution is -0.118. The molecule has 2 amide bonds. The maximum Gasteiger partial charge on any atom is 0.266 e. The van der Waals surface area contributed by atoms with Crippen molar-refractivity contribution in [3.63, 3.8) is 0 Å². The predicted molar refractivity (Wildman–Crippen MR) is 74.0 cm³/mol. The molecule has 0 saturated heterocycles. The molecule has 0 aromatic carbocycles. The Morgan fingerprint density at radius 3 is 2.60 bits per heavy atom. The zero-order chi connectivity index (χ0) is 14.7. The van der Waals surface area contributed by atoms with Gasteiger partial charge in [0.2, 0.25) is 5.91 Å². The highest BCUT2D eigenvalue weighted by Gasteiger charge is 2.21. The second kappa shape index (κ2) is 5.74. The smallest absolute Gasteiger partial charge is 0.266 e. The molecule has 0 aliphatic heterocycles. The zero-order valence-corrected chi connectivity index (χ0v) is 11.8. The first-order valence-electron chi connectivity index (χ1n) is 5.77. The highest BCUT2D eigenvalue weighted by molar-refractivity contribution is 7.17. The SMILES string of the molecule is Cc1nc(-c2ncccn2)sc1C(=O)N(C)CC(N)=O. The molecule has 7 nitrogen and oxygen atoms in total. The number of likely N-dealkylation sites (N-methyl/N-ethyl adjacent to an activating group) is 1. The summed E-state index contributed by atoms with van der Waals surface area (Å²) in [6.07, 6.45) is 3.22. The van der Waals surface area contributed by atoms with E-state index in [-0.39, 0.29) is 12.5 Å². The van der Waals surface area contributed by atoms with Crippen LogP contribution in [0, 0.1) is 6.92 Å². The Balaban J connectivity index is 2.28. The lowest BCUT2D eigenvalue weighted by Gasteiger charge is -2.13. The summed E-state index contributed by atoms with van der Waals surface area (Å²) in [6.45, 7) is 1.60. The first-order valence-corrected chi connectivity index (χ1v) is 6.59. The van der Waals surface area contributed by atoms with E-state index in [1.165, 1.54) is 23.3 Å². The fourth-order valence-electron chi connectivity index (χ4n) is 1.58. The van der Waals surface area contributed by atoms with E-state index < -0.39 is 5.91 Å². The zero-order valence-electron chi connectivity index (χ0n) is 11.0. The van der Waals surface area contributed by atoms with Crippen molar-refractivity contribution in [1.82, 2.24) is 19.9 Å². The summed E-state index contributed by atoms with van der Waals surface area (Å²) < 4.78 is 0. The molecule has 0 unspecified atom stereocenters. The van der Waals surface area contributed by atoms with E-state index in [1.54, 1.807) is 25.4 Å². The first-order chi connectivity index (χ1) is 9.49. The molecule has 0 aliphatic rings. The molecular weight excluding hydrogens is 278 g/mol. The van der Waals surface area contributed by atoms with E-state index in [9.17, 15) is 9.59 Å². The monoisotopic (exact) mass is 291 g/mol. The number of thiazole rings is 1. The number of nitrogens with zero attached hydrogens (tertiary/aromatic N) is 4. The topological polar surface area (TPSA) is 102 Å². The van der Waals surface area contributed by atoms with Crippen LogP contribution >= 0.6 is 11.3 Å². The van der Waals surface area contributed by atoms with Gasteiger partial charge in [-0.1, -0.05) is 0 Å². The van der Waals surface area contributed by atoms with Gasteiger partial charge in [-0.05, 0) is 13.0 Å². The molecule has 2 N–H and O–H groups in total. The van der Waals surface area contributed by atoms with Crippen LogP contribution in [0.2, 0.25) is 0 Å². The lowest BCUT2D eigenvalue weighted by atomic mass is 10.3. The molecule has 0 fully saturated rings. The third kappa shape index (κ3) is 2.97. The molecule has 0 spiro atoms. The van der Waals surface area contributed by atoms with Gasteiger partial charge < -0.3 is 10.6 Å². The number of hydrogen-bond acceptors (Lipinski definition) is 6. The van der Waals surface area contributed by atoms with Crippen molar-refractivity contribution in [2.75, 3.05) is 13.6 Å². The van der Waals surface area contributed by atoms with E-state index in [2.05, 4.69) is 15.0 Å². The maximum absolute atomic E-state index is 12.2. The second-order valence-electron chi connectivity index (χ2n) is 4.13. The van der Waals surface area contributed by atoms with Crippen molar-refractivity contribution in [2.24, 2.45) is 5.73 Å². The van der Waals surface area contributed by atoms with Gasteiger partial charge in [0.1, 0.15) is 4.88 Å². The summed E-state index contributed by atoms with van der Waals surface area (Å²) in [4.78, 5) is 37.2. The van der Waals surface area contributed by atoms with Gasteiger partial charge in [0, 0.05) is 19.4 Å². The standard InChI is InChI=1S/C12H13N5O2S/c1-7-9(12(19)17(2)6-8(13)18)20-11(16-7)10-14-4-3-5-15-10/h3-5H,6H2,1-2H3,(H2,13,18). The summed E-state index contributed by atoms with van der Waals surface area (Å²) in [6, 6.07) is 1.71. The summed E-state index contributed by atoms with van der Waals surface area (Å²) in [5.74, 6) is -0.382. The molecule has 2 aromatic rings. The summed E-state index contributed by atoms with van der Waals surface area (Å²) >= 11 is 1.20. The Morgan fingerprint density at radius 2 is 2.00 bits per heavy atom. The minimum Gasteiger partial charge on any atom is -0.368 e. The molecule has 0 saturated carbocycles. The number of aromatic nitrogens is 3. The van der Waals surface area contributed by atoms with Gasteiger partial charge in [0.25, 0.3) is 5.91 Å². The number of primary amides is 1. The second-order valence-corrected chi connectivity index (χ2v) is 5.13. The van der Waals surface area contributed by atoms with Gasteiger partial charge in [-0.25, -0.2) is 15.0 Å². The van der Waals surface area contributed by atoms with Crippen molar-refractivity contribution < 1.29 is 9.59 Å². The van der Waals surface area contributed by atoms with E-state index in [0.29, 0.717) is 21.4 Å². The van der Waals surface area contributed by atoms with Crippen LogP contribution in [0.15, 0.2) is 18.5 Å². The maximum atomic E-state index is 12.2. The fourth-order valence-corrected chi connectivity index (χ4v) is 2.59. The molecule has 0 bridgehead atoms. The molecule has 0 aliphatic carbocycles. The normalized spacial score (nSPS) is 10.3. The van der Waals surface area contributed by atoms with Gasteiger partial charge in [-0.2, -0.15) is 0 Å². The number of carbonyl (C=O) groups excluding carboxylic acids is 2. The molecular formula is C12H13N5O2S. The van der Waals surface area contributed by atoms with Gasteiger partial charge in [0.15, 0.2) is 10.8 Å². The van der Waals surface area contributed by atoms with E-state index in [0.717, 1.165) is 0 Å². The van der Waals surface area contributed by atoms with Crippen LogP contribution in [0.4, 0.5) is 0 Å². The molecule has 2 aromatic heterocycles. The van der Waals surface area contributed by atoms with E-state index in [4.69, 9.17) is 5.73 Å². The Hall–Kier alpha value is -2.35. The Bertz CT molecular complexity index is 641. The van der Waals surface area contributed by atoms with E-state index in [1.807, 2.05) is 0 Å². The number of nitrogens with two attached hydrogens (primary N) is 1. The van der Waals surface area contributed by atoms with E-state index >= 15 is 0 Å². The Kier molecular flexibility index (Phi) is 4.04. The van der Waals surface area contributed by atoms with Crippen LogP contribution in [-0.2, 0) is 4.79 Å². The van der Waals surface area contributed by atoms with Gasteiger partial charge in [-0.15, -0.1) is 11.3 Å². The molecule has 8 heteroatoms. The number of rotatable bonds is 4. The van der Waals surface area contributed by atoms with Gasteiger partial charge in [0.05, 0.1) is 12.2 Å². The lowest BCUT2D eigenvalue weighted by Crippen LogP contribution is -2.35. The predicted octanol–water partition coefficient (Wildman–Crippen LogP) is 0.466. The largest absolute Gasteiger partial charge is 0.368 e. The minimum atomic E-state index is -0.561. The van der Waals surface area contributed by atoms with Crippen LogP contribution in [0.25, 0.3) is 10.8 Å². The average Bonchev–Trinajstić information content (AvgIpc) is 2.80. The molecule has 2 heterocycles.